The first-order valence-electron chi connectivity index (χ1n) is 9.60. The highest BCUT2D eigenvalue weighted by Crippen LogP contribution is 2.24. The fourth-order valence-corrected chi connectivity index (χ4v) is 5.42. The van der Waals surface area contributed by atoms with Gasteiger partial charge in [0.1, 0.15) is 11.5 Å². The highest BCUT2D eigenvalue weighted by Gasteiger charge is 2.27. The van der Waals surface area contributed by atoms with Crippen LogP contribution >= 0.6 is 11.3 Å². The highest BCUT2D eigenvalue weighted by atomic mass is 32.2. The normalized spacial score (nSPS) is 16.9. The van der Waals surface area contributed by atoms with Crippen LogP contribution in [0.25, 0.3) is 0 Å². The van der Waals surface area contributed by atoms with E-state index >= 15 is 0 Å². The van der Waals surface area contributed by atoms with Gasteiger partial charge in [-0.2, -0.15) is 0 Å². The molecule has 0 radical (unpaired) electrons. The van der Waals surface area contributed by atoms with E-state index in [1.54, 1.807) is 46.9 Å². The number of thiazole rings is 1. The van der Waals surface area contributed by atoms with E-state index in [4.69, 9.17) is 0 Å². The molecule has 0 spiro atoms. The van der Waals surface area contributed by atoms with Gasteiger partial charge in [-0.15, -0.1) is 11.3 Å². The molecule has 0 bridgehead atoms. The third kappa shape index (κ3) is 4.82. The minimum absolute atomic E-state index is 0.148. The second-order valence-electron chi connectivity index (χ2n) is 7.09. The molecule has 30 heavy (non-hydrogen) atoms. The lowest BCUT2D eigenvalue weighted by Crippen LogP contribution is -2.40. The smallest absolute Gasteiger partial charge is 0.273 e. The quantitative estimate of drug-likeness (QED) is 0.628. The third-order valence-electron chi connectivity index (χ3n) is 4.90. The van der Waals surface area contributed by atoms with E-state index in [1.807, 2.05) is 0 Å². The Kier molecular flexibility index (Phi) is 6.05. The number of benzene rings is 1. The van der Waals surface area contributed by atoms with Gasteiger partial charge in [0.2, 0.25) is 0 Å². The van der Waals surface area contributed by atoms with Crippen LogP contribution in [0.3, 0.4) is 0 Å². The number of nitrogens with one attached hydrogen (secondary N) is 1. The molecule has 0 saturated carbocycles. The molecule has 0 aliphatic carbocycles. The predicted octanol–water partition coefficient (Wildman–Crippen LogP) is 2.83. The van der Waals surface area contributed by atoms with E-state index in [-0.39, 0.29) is 21.6 Å². The molecular weight excluding hydrogens is 422 g/mol. The van der Waals surface area contributed by atoms with Crippen LogP contribution in [-0.4, -0.2) is 47.3 Å². The summed E-state index contributed by atoms with van der Waals surface area (Å²) in [5.41, 5.74) is 0.252. The molecule has 1 aromatic carbocycles. The van der Waals surface area contributed by atoms with Crippen molar-refractivity contribution in [1.82, 2.24) is 19.9 Å². The van der Waals surface area contributed by atoms with Gasteiger partial charge < -0.3 is 4.90 Å². The Labute approximate surface area is 179 Å². The van der Waals surface area contributed by atoms with E-state index in [0.29, 0.717) is 19.0 Å². The Bertz CT molecular complexity index is 1100. The summed E-state index contributed by atoms with van der Waals surface area (Å²) < 4.78 is 27.3. The van der Waals surface area contributed by atoms with Crippen molar-refractivity contribution in [1.29, 1.82) is 0 Å². The van der Waals surface area contributed by atoms with Crippen molar-refractivity contribution >= 4 is 32.4 Å². The monoisotopic (exact) mass is 443 g/mol. The zero-order valence-corrected chi connectivity index (χ0v) is 17.8. The van der Waals surface area contributed by atoms with Crippen molar-refractivity contribution in [3.8, 4) is 0 Å². The van der Waals surface area contributed by atoms with E-state index in [2.05, 4.69) is 19.7 Å². The van der Waals surface area contributed by atoms with Crippen molar-refractivity contribution in [2.24, 2.45) is 5.92 Å². The molecule has 1 N–H and O–H groups in total. The molecule has 3 aromatic rings. The first-order chi connectivity index (χ1) is 14.5. The van der Waals surface area contributed by atoms with Gasteiger partial charge in [-0.1, -0.05) is 18.2 Å². The standard InChI is InChI=1S/C20H21N5O3S2/c26-19(25-11-4-6-15(13-25)12-18-21-9-5-10-22-18)17-14-29-20(23-17)24-30(27,28)16-7-2-1-3-8-16/h1-3,5,7-10,14-15H,4,6,11-13H2,(H,23,24). The third-order valence-corrected chi connectivity index (χ3v) is 7.14. The molecule has 1 unspecified atom stereocenters. The lowest BCUT2D eigenvalue weighted by Gasteiger charge is -2.32. The van der Waals surface area contributed by atoms with Gasteiger partial charge >= 0.3 is 0 Å². The molecule has 8 nitrogen and oxygen atoms in total. The number of amides is 1. The van der Waals surface area contributed by atoms with E-state index < -0.39 is 10.0 Å². The van der Waals surface area contributed by atoms with Crippen LogP contribution in [0, 0.1) is 5.92 Å². The topological polar surface area (TPSA) is 105 Å². The maximum absolute atomic E-state index is 12.9. The SMILES string of the molecule is O=C(c1csc(NS(=O)(=O)c2ccccc2)n1)N1CCCC(Cc2ncccn2)C1. The number of anilines is 1. The minimum Gasteiger partial charge on any atom is -0.337 e. The zero-order valence-electron chi connectivity index (χ0n) is 16.1. The number of carbonyl (C=O) groups excluding carboxylic acids is 1. The molecule has 2 aromatic heterocycles. The van der Waals surface area contributed by atoms with Crippen molar-refractivity contribution in [2.45, 2.75) is 24.2 Å². The fraction of sp³-hybridized carbons (Fsp3) is 0.300. The molecule has 3 heterocycles. The maximum Gasteiger partial charge on any atom is 0.273 e. The number of hydrogen-bond acceptors (Lipinski definition) is 7. The average molecular weight is 444 g/mol. The van der Waals surface area contributed by atoms with Crippen LogP contribution in [-0.2, 0) is 16.4 Å². The fourth-order valence-electron chi connectivity index (χ4n) is 3.46. The van der Waals surface area contributed by atoms with Crippen LogP contribution in [0.4, 0.5) is 5.13 Å². The molecule has 1 amide bonds. The van der Waals surface area contributed by atoms with E-state index in [9.17, 15) is 13.2 Å². The van der Waals surface area contributed by atoms with Crippen molar-refractivity contribution in [2.75, 3.05) is 17.8 Å². The summed E-state index contributed by atoms with van der Waals surface area (Å²) >= 11 is 1.10. The second-order valence-corrected chi connectivity index (χ2v) is 9.63. The van der Waals surface area contributed by atoms with Crippen LogP contribution in [0.1, 0.15) is 29.2 Å². The number of aromatic nitrogens is 3. The zero-order chi connectivity index (χ0) is 21.0. The molecule has 1 fully saturated rings. The van der Waals surface area contributed by atoms with Gasteiger partial charge in [0.15, 0.2) is 5.13 Å². The van der Waals surface area contributed by atoms with Gasteiger partial charge in [-0.3, -0.25) is 9.52 Å². The Morgan fingerprint density at radius 1 is 1.17 bits per heavy atom. The van der Waals surface area contributed by atoms with E-state index in [0.717, 1.165) is 36.4 Å². The molecule has 156 valence electrons. The highest BCUT2D eigenvalue weighted by molar-refractivity contribution is 7.93. The Morgan fingerprint density at radius 3 is 2.70 bits per heavy atom. The summed E-state index contributed by atoms with van der Waals surface area (Å²) in [7, 11) is -3.73. The maximum atomic E-state index is 12.9. The summed E-state index contributed by atoms with van der Waals surface area (Å²) in [6.45, 7) is 1.27. The molecule has 1 aliphatic rings. The summed E-state index contributed by atoms with van der Waals surface area (Å²) in [6.07, 6.45) is 6.09. The Hall–Kier alpha value is -2.85. The number of rotatable bonds is 6. The Morgan fingerprint density at radius 2 is 1.93 bits per heavy atom. The lowest BCUT2D eigenvalue weighted by molar-refractivity contribution is 0.0667. The summed E-state index contributed by atoms with van der Waals surface area (Å²) in [6, 6.07) is 9.84. The van der Waals surface area contributed by atoms with Gasteiger partial charge in [-0.05, 0) is 37.0 Å². The van der Waals surface area contributed by atoms with Crippen molar-refractivity contribution < 1.29 is 13.2 Å². The second kappa shape index (κ2) is 8.88. The lowest BCUT2D eigenvalue weighted by atomic mass is 9.94. The molecule has 10 heteroatoms. The van der Waals surface area contributed by atoms with Crippen LogP contribution in [0.5, 0.6) is 0 Å². The number of piperidine rings is 1. The molecule has 1 aliphatic heterocycles. The van der Waals surface area contributed by atoms with Crippen molar-refractivity contribution in [3.05, 3.63) is 65.7 Å². The number of carbonyl (C=O) groups is 1. The number of nitrogens with zero attached hydrogens (tertiary/aromatic N) is 4. The summed E-state index contributed by atoms with van der Waals surface area (Å²) in [5.74, 6) is 0.887. The molecule has 1 saturated heterocycles. The molecular formula is C20H21N5O3S2. The van der Waals surface area contributed by atoms with Gasteiger partial charge in [0.05, 0.1) is 4.90 Å². The molecule has 4 rings (SSSR count). The first-order valence-corrected chi connectivity index (χ1v) is 12.0. The summed E-state index contributed by atoms with van der Waals surface area (Å²) in [4.78, 5) is 27.6. The van der Waals surface area contributed by atoms with Crippen molar-refractivity contribution in [3.63, 3.8) is 0 Å². The number of sulfonamides is 1. The molecule has 1 atom stereocenters. The van der Waals surface area contributed by atoms with Gasteiger partial charge in [-0.25, -0.2) is 23.4 Å². The summed E-state index contributed by atoms with van der Waals surface area (Å²) in [5, 5.41) is 1.77. The van der Waals surface area contributed by atoms with Gasteiger partial charge in [0, 0.05) is 37.3 Å². The van der Waals surface area contributed by atoms with Crippen LogP contribution in [0.2, 0.25) is 0 Å². The van der Waals surface area contributed by atoms with Crippen LogP contribution < -0.4 is 4.72 Å². The average Bonchev–Trinajstić information content (AvgIpc) is 3.22. The largest absolute Gasteiger partial charge is 0.337 e. The number of likely N-dealkylation sites (tertiary alicyclic amines) is 1. The van der Waals surface area contributed by atoms with Crippen LogP contribution in [0.15, 0.2) is 59.1 Å². The van der Waals surface area contributed by atoms with Gasteiger partial charge in [0.25, 0.3) is 15.9 Å². The predicted molar refractivity (Wildman–Crippen MR) is 114 cm³/mol. The minimum atomic E-state index is -3.73. The first kappa shape index (κ1) is 20.4. The Balaban J connectivity index is 1.41. The number of hydrogen-bond donors (Lipinski definition) is 1. The van der Waals surface area contributed by atoms with E-state index in [1.165, 1.54) is 12.1 Å².